The smallest absolute Gasteiger partial charge is 0.422 e. The molecule has 1 aromatic rings. The molecule has 1 aliphatic rings. The van der Waals surface area contributed by atoms with Crippen LogP contribution in [0.2, 0.25) is 0 Å². The zero-order valence-electron chi connectivity index (χ0n) is 13.4. The van der Waals surface area contributed by atoms with Crippen molar-refractivity contribution in [2.45, 2.75) is 25.8 Å². The van der Waals surface area contributed by atoms with E-state index in [-0.39, 0.29) is 15.9 Å². The van der Waals surface area contributed by atoms with Crippen LogP contribution >= 0.6 is 15.9 Å². The second-order valence-corrected chi connectivity index (χ2v) is 6.40. The summed E-state index contributed by atoms with van der Waals surface area (Å²) in [5, 5.41) is 2.36. The molecule has 1 fully saturated rings. The van der Waals surface area contributed by atoms with Crippen molar-refractivity contribution < 1.29 is 41.4 Å². The van der Waals surface area contributed by atoms with Crippen LogP contribution < -0.4 is 10.1 Å². The number of rotatable bonds is 4. The van der Waals surface area contributed by atoms with Gasteiger partial charge in [-0.2, -0.15) is 13.2 Å². The molecule has 26 heavy (non-hydrogen) atoms. The van der Waals surface area contributed by atoms with Crippen LogP contribution in [0.1, 0.15) is 13.8 Å². The normalized spacial score (nSPS) is 16.7. The van der Waals surface area contributed by atoms with E-state index in [4.69, 9.17) is 9.47 Å². The van der Waals surface area contributed by atoms with Gasteiger partial charge in [0.05, 0.1) is 10.2 Å². The number of anilines is 1. The van der Waals surface area contributed by atoms with Gasteiger partial charge in [-0.25, -0.2) is 14.0 Å². The molecule has 0 aliphatic carbocycles. The molecule has 0 saturated carbocycles. The summed E-state index contributed by atoms with van der Waals surface area (Å²) in [6.07, 6.45) is -3.78. The zero-order valence-corrected chi connectivity index (χ0v) is 15.0. The molecular weight excluding hydrogens is 430 g/mol. The van der Waals surface area contributed by atoms with Crippen LogP contribution in [-0.4, -0.2) is 30.5 Å². The van der Waals surface area contributed by atoms with Gasteiger partial charge in [0.1, 0.15) is 11.6 Å². The summed E-state index contributed by atoms with van der Waals surface area (Å²) in [5.74, 6) is -4.62. The summed E-state index contributed by atoms with van der Waals surface area (Å²) in [6.45, 7) is 1.08. The summed E-state index contributed by atoms with van der Waals surface area (Å²) in [7, 11) is 0. The third-order valence-electron chi connectivity index (χ3n) is 2.90. The van der Waals surface area contributed by atoms with Gasteiger partial charge in [-0.3, -0.25) is 0 Å². The number of hydrogen-bond acceptors (Lipinski definition) is 6. The molecule has 0 radical (unpaired) electrons. The van der Waals surface area contributed by atoms with Gasteiger partial charge in [0.15, 0.2) is 12.2 Å². The number of nitrogens with one attached hydrogen (secondary N) is 1. The highest BCUT2D eigenvalue weighted by Crippen LogP contribution is 2.33. The van der Waals surface area contributed by atoms with E-state index in [1.54, 1.807) is 0 Å². The SMILES string of the molecule is CC1(C)OC(=O)C(=CNc2cc(F)c(Br)cc2OCC(F)(F)F)C(=O)O1. The number of esters is 2. The molecule has 0 aromatic heterocycles. The Morgan fingerprint density at radius 2 is 1.81 bits per heavy atom. The molecule has 0 amide bonds. The van der Waals surface area contributed by atoms with Crippen LogP contribution in [0.25, 0.3) is 0 Å². The fourth-order valence-corrected chi connectivity index (χ4v) is 2.17. The van der Waals surface area contributed by atoms with E-state index in [1.807, 2.05) is 0 Å². The number of alkyl halides is 3. The van der Waals surface area contributed by atoms with Crippen LogP contribution in [0, 0.1) is 5.82 Å². The van der Waals surface area contributed by atoms with Gasteiger partial charge in [0, 0.05) is 26.1 Å². The Kier molecular flexibility index (Phi) is 5.49. The summed E-state index contributed by atoms with van der Waals surface area (Å²) in [5.41, 5.74) is -0.790. The first-order valence-electron chi connectivity index (χ1n) is 7.00. The molecule has 142 valence electrons. The Bertz CT molecular complexity index is 754. The van der Waals surface area contributed by atoms with Crippen LogP contribution in [0.3, 0.4) is 0 Å². The number of ether oxygens (including phenoxy) is 3. The molecule has 0 atom stereocenters. The quantitative estimate of drug-likeness (QED) is 0.332. The van der Waals surface area contributed by atoms with Crippen molar-refractivity contribution in [3.05, 3.63) is 34.2 Å². The van der Waals surface area contributed by atoms with E-state index in [2.05, 4.69) is 26.0 Å². The maximum Gasteiger partial charge on any atom is 0.422 e. The van der Waals surface area contributed by atoms with Gasteiger partial charge < -0.3 is 19.5 Å². The van der Waals surface area contributed by atoms with E-state index in [0.717, 1.165) is 18.3 Å². The fourth-order valence-electron chi connectivity index (χ4n) is 1.85. The van der Waals surface area contributed by atoms with Gasteiger partial charge in [0.25, 0.3) is 5.79 Å². The minimum atomic E-state index is -4.61. The summed E-state index contributed by atoms with van der Waals surface area (Å²) < 4.78 is 64.9. The van der Waals surface area contributed by atoms with Crippen LogP contribution in [0.4, 0.5) is 23.2 Å². The monoisotopic (exact) mass is 441 g/mol. The standard InChI is InChI=1S/C15H12BrF4NO5/c1-14(2)25-12(22)7(13(23)26-14)5-21-10-4-9(17)8(16)3-11(10)24-6-15(18,19)20/h3-5,21H,6H2,1-2H3. The first kappa shape index (κ1) is 20.0. The van der Waals surface area contributed by atoms with Crippen molar-refractivity contribution in [3.8, 4) is 5.75 Å². The molecule has 2 rings (SSSR count). The Hall–Kier alpha value is -2.30. The lowest BCUT2D eigenvalue weighted by Gasteiger charge is -2.29. The molecule has 0 bridgehead atoms. The zero-order chi connectivity index (χ0) is 19.7. The predicted molar refractivity (Wildman–Crippen MR) is 83.6 cm³/mol. The molecule has 0 unspecified atom stereocenters. The molecule has 1 aliphatic heterocycles. The van der Waals surface area contributed by atoms with Crippen LogP contribution in [0.5, 0.6) is 5.75 Å². The highest BCUT2D eigenvalue weighted by atomic mass is 79.9. The molecule has 1 aromatic carbocycles. The summed E-state index contributed by atoms with van der Waals surface area (Å²) in [6, 6.07) is 1.80. The van der Waals surface area contributed by atoms with E-state index in [1.165, 1.54) is 13.8 Å². The Morgan fingerprint density at radius 3 is 2.35 bits per heavy atom. The highest BCUT2D eigenvalue weighted by Gasteiger charge is 2.39. The molecule has 0 spiro atoms. The minimum absolute atomic E-state index is 0.133. The van der Waals surface area contributed by atoms with Crippen molar-refractivity contribution in [3.63, 3.8) is 0 Å². The second-order valence-electron chi connectivity index (χ2n) is 5.55. The molecular formula is C15H12BrF4NO5. The summed E-state index contributed by atoms with van der Waals surface area (Å²) in [4.78, 5) is 23.6. The van der Waals surface area contributed by atoms with Crippen molar-refractivity contribution >= 4 is 33.6 Å². The lowest BCUT2D eigenvalue weighted by Crippen LogP contribution is -2.42. The van der Waals surface area contributed by atoms with Gasteiger partial charge in [-0.05, 0) is 22.0 Å². The topological polar surface area (TPSA) is 73.9 Å². The average Bonchev–Trinajstić information content (AvgIpc) is 2.46. The van der Waals surface area contributed by atoms with Gasteiger partial charge >= 0.3 is 18.1 Å². The fraction of sp³-hybridized carbons (Fsp3) is 0.333. The first-order valence-corrected chi connectivity index (χ1v) is 7.79. The van der Waals surface area contributed by atoms with E-state index < -0.39 is 41.9 Å². The number of benzene rings is 1. The second kappa shape index (κ2) is 7.14. The third kappa shape index (κ3) is 5.10. The molecule has 6 nitrogen and oxygen atoms in total. The predicted octanol–water partition coefficient (Wildman–Crippen LogP) is 3.66. The van der Waals surface area contributed by atoms with E-state index in [9.17, 15) is 27.2 Å². The number of halogens is 5. The largest absolute Gasteiger partial charge is 0.482 e. The molecule has 1 N–H and O–H groups in total. The number of cyclic esters (lactones) is 2. The van der Waals surface area contributed by atoms with Gasteiger partial charge in [-0.1, -0.05) is 0 Å². The Balaban J connectivity index is 2.27. The Labute approximate surface area is 153 Å². The van der Waals surface area contributed by atoms with Gasteiger partial charge in [0.2, 0.25) is 0 Å². The molecule has 1 heterocycles. The van der Waals surface area contributed by atoms with Gasteiger partial charge in [-0.15, -0.1) is 0 Å². The molecule has 11 heteroatoms. The maximum absolute atomic E-state index is 13.7. The van der Waals surface area contributed by atoms with Crippen LogP contribution in [0.15, 0.2) is 28.4 Å². The van der Waals surface area contributed by atoms with Crippen molar-refractivity contribution in [1.82, 2.24) is 0 Å². The minimum Gasteiger partial charge on any atom is -0.482 e. The number of carbonyl (C=O) groups excluding carboxylic acids is 2. The van der Waals surface area contributed by atoms with E-state index in [0.29, 0.717) is 0 Å². The third-order valence-corrected chi connectivity index (χ3v) is 3.51. The van der Waals surface area contributed by atoms with Crippen LogP contribution in [-0.2, 0) is 19.1 Å². The Morgan fingerprint density at radius 1 is 1.23 bits per heavy atom. The lowest BCUT2D eigenvalue weighted by molar-refractivity contribution is -0.222. The van der Waals surface area contributed by atoms with E-state index >= 15 is 0 Å². The molecule has 1 saturated heterocycles. The van der Waals surface area contributed by atoms with Crippen molar-refractivity contribution in [1.29, 1.82) is 0 Å². The highest BCUT2D eigenvalue weighted by molar-refractivity contribution is 9.10. The first-order chi connectivity index (χ1) is 11.9. The van der Waals surface area contributed by atoms with Crippen molar-refractivity contribution in [2.24, 2.45) is 0 Å². The average molecular weight is 442 g/mol. The summed E-state index contributed by atoms with van der Waals surface area (Å²) >= 11 is 2.83. The lowest BCUT2D eigenvalue weighted by atomic mass is 10.2. The number of carbonyl (C=O) groups is 2. The number of hydrogen-bond donors (Lipinski definition) is 1. The van der Waals surface area contributed by atoms with Crippen molar-refractivity contribution in [2.75, 3.05) is 11.9 Å². The maximum atomic E-state index is 13.7.